The van der Waals surface area contributed by atoms with Crippen molar-refractivity contribution in [1.82, 2.24) is 5.43 Å². The van der Waals surface area contributed by atoms with Crippen molar-refractivity contribution in [2.24, 2.45) is 5.84 Å². The number of carbonyl (C=O) groups excluding carboxylic acids is 1. The normalized spacial score (nSPS) is 10.9. The SMILES string of the molecule is NNC(=O)/C=C/C=C/c1ccccc1. The van der Waals surface area contributed by atoms with Crippen LogP contribution in [0.25, 0.3) is 6.08 Å². The minimum absolute atomic E-state index is 0.317. The van der Waals surface area contributed by atoms with Gasteiger partial charge in [0.25, 0.3) is 5.91 Å². The van der Waals surface area contributed by atoms with Gasteiger partial charge in [-0.2, -0.15) is 0 Å². The van der Waals surface area contributed by atoms with Crippen LogP contribution in [0.5, 0.6) is 0 Å². The number of nitrogens with one attached hydrogen (secondary N) is 1. The van der Waals surface area contributed by atoms with E-state index in [1.807, 2.05) is 41.8 Å². The maximum absolute atomic E-state index is 10.7. The Morgan fingerprint density at radius 3 is 2.57 bits per heavy atom. The van der Waals surface area contributed by atoms with Gasteiger partial charge in [-0.1, -0.05) is 48.6 Å². The van der Waals surface area contributed by atoms with E-state index in [1.54, 1.807) is 12.2 Å². The molecule has 3 nitrogen and oxygen atoms in total. The highest BCUT2D eigenvalue weighted by Crippen LogP contribution is 2.00. The Morgan fingerprint density at radius 1 is 1.21 bits per heavy atom. The number of rotatable bonds is 3. The summed E-state index contributed by atoms with van der Waals surface area (Å²) in [4.78, 5) is 10.7. The Kier molecular flexibility index (Phi) is 4.17. The third-order valence-electron chi connectivity index (χ3n) is 1.59. The molecule has 0 saturated heterocycles. The number of hydrazine groups is 1. The van der Waals surface area contributed by atoms with E-state index in [2.05, 4.69) is 0 Å². The Morgan fingerprint density at radius 2 is 1.93 bits per heavy atom. The second kappa shape index (κ2) is 5.72. The molecule has 1 amide bonds. The van der Waals surface area contributed by atoms with Gasteiger partial charge in [0.05, 0.1) is 0 Å². The molecule has 0 heterocycles. The average Bonchev–Trinajstić information content (AvgIpc) is 2.25. The minimum atomic E-state index is -0.317. The summed E-state index contributed by atoms with van der Waals surface area (Å²) in [6, 6.07) is 9.82. The van der Waals surface area contributed by atoms with Gasteiger partial charge < -0.3 is 0 Å². The van der Waals surface area contributed by atoms with Gasteiger partial charge in [0.2, 0.25) is 0 Å². The molecule has 0 spiro atoms. The van der Waals surface area contributed by atoms with E-state index >= 15 is 0 Å². The van der Waals surface area contributed by atoms with E-state index in [9.17, 15) is 4.79 Å². The van der Waals surface area contributed by atoms with Gasteiger partial charge in [-0.25, -0.2) is 5.84 Å². The zero-order valence-corrected chi connectivity index (χ0v) is 7.68. The first kappa shape index (κ1) is 10.2. The molecule has 1 rings (SSSR count). The monoisotopic (exact) mass is 188 g/mol. The zero-order chi connectivity index (χ0) is 10.2. The second-order valence-corrected chi connectivity index (χ2v) is 2.64. The van der Waals surface area contributed by atoms with Gasteiger partial charge >= 0.3 is 0 Å². The largest absolute Gasteiger partial charge is 0.291 e. The molecule has 0 aliphatic heterocycles. The van der Waals surface area contributed by atoms with Crippen molar-refractivity contribution in [3.05, 3.63) is 54.1 Å². The molecule has 0 radical (unpaired) electrons. The lowest BCUT2D eigenvalue weighted by atomic mass is 10.2. The van der Waals surface area contributed by atoms with Crippen molar-refractivity contribution in [3.8, 4) is 0 Å². The van der Waals surface area contributed by atoms with Crippen LogP contribution in [0, 0.1) is 0 Å². The summed E-state index contributed by atoms with van der Waals surface area (Å²) in [5.74, 6) is 4.57. The number of nitrogens with two attached hydrogens (primary N) is 1. The molecule has 0 bridgehead atoms. The smallest absolute Gasteiger partial charge is 0.257 e. The van der Waals surface area contributed by atoms with Crippen molar-refractivity contribution in [2.45, 2.75) is 0 Å². The molecular formula is C11H12N2O. The Bertz CT molecular complexity index is 342. The van der Waals surface area contributed by atoms with Gasteiger partial charge in [0.15, 0.2) is 0 Å². The number of hydrogen-bond acceptors (Lipinski definition) is 2. The van der Waals surface area contributed by atoms with E-state index < -0.39 is 0 Å². The van der Waals surface area contributed by atoms with Crippen molar-refractivity contribution >= 4 is 12.0 Å². The molecule has 0 aromatic heterocycles. The molecule has 72 valence electrons. The summed E-state index contributed by atoms with van der Waals surface area (Å²) in [6.07, 6.45) is 6.68. The van der Waals surface area contributed by atoms with Crippen LogP contribution in [0.1, 0.15) is 5.56 Å². The number of carbonyl (C=O) groups is 1. The Labute approximate surface area is 82.9 Å². The van der Waals surface area contributed by atoms with Crippen molar-refractivity contribution in [2.75, 3.05) is 0 Å². The van der Waals surface area contributed by atoms with Gasteiger partial charge in [-0.15, -0.1) is 0 Å². The third kappa shape index (κ3) is 3.69. The number of hydrogen-bond donors (Lipinski definition) is 2. The van der Waals surface area contributed by atoms with Gasteiger partial charge in [0, 0.05) is 6.08 Å². The standard InChI is InChI=1S/C11H12N2O/c12-13-11(14)9-5-4-8-10-6-2-1-3-7-10/h1-9H,12H2,(H,13,14)/b8-4+,9-5+. The second-order valence-electron chi connectivity index (χ2n) is 2.64. The molecule has 14 heavy (non-hydrogen) atoms. The quantitative estimate of drug-likeness (QED) is 0.246. The molecule has 3 N–H and O–H groups in total. The minimum Gasteiger partial charge on any atom is -0.291 e. The van der Waals surface area contributed by atoms with Gasteiger partial charge in [-0.3, -0.25) is 10.2 Å². The highest BCUT2D eigenvalue weighted by atomic mass is 16.2. The first-order valence-electron chi connectivity index (χ1n) is 4.23. The van der Waals surface area contributed by atoms with Crippen molar-refractivity contribution in [3.63, 3.8) is 0 Å². The molecule has 0 aliphatic carbocycles. The number of allylic oxidation sites excluding steroid dienone is 2. The first-order chi connectivity index (χ1) is 6.83. The lowest BCUT2D eigenvalue weighted by Crippen LogP contribution is -2.27. The summed E-state index contributed by atoms with van der Waals surface area (Å²) in [5, 5.41) is 0. The van der Waals surface area contributed by atoms with E-state index in [0.717, 1.165) is 5.56 Å². The van der Waals surface area contributed by atoms with Crippen LogP contribution in [0.15, 0.2) is 48.6 Å². The zero-order valence-electron chi connectivity index (χ0n) is 7.68. The number of amides is 1. The number of benzene rings is 1. The molecule has 0 fully saturated rings. The van der Waals surface area contributed by atoms with Crippen LogP contribution in [0.4, 0.5) is 0 Å². The predicted molar refractivity (Wildman–Crippen MR) is 56.9 cm³/mol. The highest BCUT2D eigenvalue weighted by Gasteiger charge is 1.84. The topological polar surface area (TPSA) is 55.1 Å². The molecule has 0 saturated carbocycles. The van der Waals surface area contributed by atoms with Crippen LogP contribution >= 0.6 is 0 Å². The van der Waals surface area contributed by atoms with Crippen LogP contribution < -0.4 is 11.3 Å². The summed E-state index contributed by atoms with van der Waals surface area (Å²) < 4.78 is 0. The predicted octanol–water partition coefficient (Wildman–Crippen LogP) is 1.25. The van der Waals surface area contributed by atoms with Gasteiger partial charge in [0.1, 0.15) is 0 Å². The molecule has 0 atom stereocenters. The van der Waals surface area contributed by atoms with Crippen molar-refractivity contribution in [1.29, 1.82) is 0 Å². The van der Waals surface area contributed by atoms with E-state index in [1.165, 1.54) is 6.08 Å². The first-order valence-corrected chi connectivity index (χ1v) is 4.23. The summed E-state index contributed by atoms with van der Waals surface area (Å²) in [7, 11) is 0. The summed E-state index contributed by atoms with van der Waals surface area (Å²) >= 11 is 0. The molecular weight excluding hydrogens is 176 g/mol. The fraction of sp³-hybridized carbons (Fsp3) is 0. The van der Waals surface area contributed by atoms with Crippen LogP contribution in [-0.2, 0) is 4.79 Å². The summed E-state index contributed by atoms with van der Waals surface area (Å²) in [5.41, 5.74) is 3.09. The lowest BCUT2D eigenvalue weighted by Gasteiger charge is -1.89. The Hall–Kier alpha value is -1.87. The average molecular weight is 188 g/mol. The molecule has 0 aliphatic rings. The van der Waals surface area contributed by atoms with Crippen LogP contribution in [0.2, 0.25) is 0 Å². The fourth-order valence-corrected chi connectivity index (χ4v) is 0.922. The fourth-order valence-electron chi connectivity index (χ4n) is 0.922. The van der Waals surface area contributed by atoms with Crippen LogP contribution in [-0.4, -0.2) is 5.91 Å². The van der Waals surface area contributed by atoms with E-state index in [0.29, 0.717) is 0 Å². The van der Waals surface area contributed by atoms with Crippen LogP contribution in [0.3, 0.4) is 0 Å². The lowest BCUT2D eigenvalue weighted by molar-refractivity contribution is -0.116. The Balaban J connectivity index is 2.50. The molecule has 3 heteroatoms. The highest BCUT2D eigenvalue weighted by molar-refractivity contribution is 5.87. The molecule has 1 aromatic rings. The third-order valence-corrected chi connectivity index (χ3v) is 1.59. The van der Waals surface area contributed by atoms with E-state index in [4.69, 9.17) is 5.84 Å². The van der Waals surface area contributed by atoms with Gasteiger partial charge in [-0.05, 0) is 5.56 Å². The van der Waals surface area contributed by atoms with E-state index in [-0.39, 0.29) is 5.91 Å². The molecule has 1 aromatic carbocycles. The summed E-state index contributed by atoms with van der Waals surface area (Å²) in [6.45, 7) is 0. The van der Waals surface area contributed by atoms with Crippen molar-refractivity contribution < 1.29 is 4.79 Å². The maximum Gasteiger partial charge on any atom is 0.257 e. The molecule has 0 unspecified atom stereocenters. The maximum atomic E-state index is 10.7.